The van der Waals surface area contributed by atoms with Gasteiger partial charge >= 0.3 is 0 Å². The zero-order valence-electron chi connectivity index (χ0n) is 16.0. The van der Waals surface area contributed by atoms with Gasteiger partial charge in [-0.25, -0.2) is 4.39 Å². The van der Waals surface area contributed by atoms with Gasteiger partial charge < -0.3 is 20.7 Å². The molecule has 3 N–H and O–H groups in total. The number of hydrogen-bond acceptors (Lipinski definition) is 6. The maximum absolute atomic E-state index is 13.4. The van der Waals surface area contributed by atoms with E-state index in [0.29, 0.717) is 33.4 Å². The maximum Gasteiger partial charge on any atom is 0.260 e. The summed E-state index contributed by atoms with van der Waals surface area (Å²) < 4.78 is 22.8. The van der Waals surface area contributed by atoms with E-state index in [1.165, 1.54) is 36.8 Å². The van der Waals surface area contributed by atoms with Crippen LogP contribution in [0.15, 0.2) is 42.5 Å². The smallest absolute Gasteiger partial charge is 0.260 e. The lowest BCUT2D eigenvalue weighted by atomic mass is 10.2. The molecule has 0 aliphatic rings. The first-order valence-electron chi connectivity index (χ1n) is 8.63. The number of rotatable bonds is 6. The minimum absolute atomic E-state index is 0.167. The van der Waals surface area contributed by atoms with Crippen LogP contribution in [0.1, 0.15) is 26.4 Å². The molecule has 0 saturated heterocycles. The van der Waals surface area contributed by atoms with Gasteiger partial charge in [0.1, 0.15) is 16.6 Å². The lowest BCUT2D eigenvalue weighted by Crippen LogP contribution is -2.15. The Labute approximate surface area is 171 Å². The number of aromatic nitrogens is 1. The number of halogens is 1. The van der Waals surface area contributed by atoms with Crippen LogP contribution in [0.3, 0.4) is 0 Å². The van der Waals surface area contributed by atoms with E-state index in [1.54, 1.807) is 32.2 Å². The average Bonchev–Trinajstić information content (AvgIpc) is 3.09. The Morgan fingerprint density at radius 3 is 2.59 bits per heavy atom. The molecule has 9 heteroatoms. The molecule has 2 amide bonds. The monoisotopic (exact) mass is 414 g/mol. The predicted octanol–water partition coefficient (Wildman–Crippen LogP) is 4.15. The third-order valence-electron chi connectivity index (χ3n) is 4.11. The number of methoxy groups -OCH3 is 1. The molecule has 0 saturated carbocycles. The van der Waals surface area contributed by atoms with Crippen molar-refractivity contribution >= 4 is 39.7 Å². The van der Waals surface area contributed by atoms with Crippen LogP contribution in [-0.4, -0.2) is 30.3 Å². The van der Waals surface area contributed by atoms with Crippen LogP contribution in [0.4, 0.5) is 20.8 Å². The Kier molecular flexibility index (Phi) is 6.08. The second kappa shape index (κ2) is 8.70. The van der Waals surface area contributed by atoms with Gasteiger partial charge in [0.2, 0.25) is 0 Å². The van der Waals surface area contributed by atoms with Crippen molar-refractivity contribution in [1.29, 1.82) is 0 Å². The van der Waals surface area contributed by atoms with E-state index >= 15 is 0 Å². The number of hydrogen-bond donors (Lipinski definition) is 3. The largest absolute Gasteiger partial charge is 0.495 e. The lowest BCUT2D eigenvalue weighted by molar-refractivity contribution is 0.101. The molecule has 0 aliphatic carbocycles. The third kappa shape index (κ3) is 4.52. The van der Waals surface area contributed by atoms with E-state index in [0.717, 1.165) is 6.07 Å². The van der Waals surface area contributed by atoms with Gasteiger partial charge in [-0.1, -0.05) is 6.07 Å². The minimum atomic E-state index is -0.509. The van der Waals surface area contributed by atoms with Gasteiger partial charge in [0.15, 0.2) is 0 Å². The van der Waals surface area contributed by atoms with Crippen LogP contribution in [-0.2, 0) is 0 Å². The Bertz CT molecular complexity index is 1070. The summed E-state index contributed by atoms with van der Waals surface area (Å²) in [5, 5.41) is 9.09. The predicted molar refractivity (Wildman–Crippen MR) is 112 cm³/mol. The summed E-state index contributed by atoms with van der Waals surface area (Å²) in [6.45, 7) is 1.75. The Hall–Kier alpha value is -3.46. The fourth-order valence-corrected chi connectivity index (χ4v) is 3.45. The van der Waals surface area contributed by atoms with Crippen molar-refractivity contribution < 1.29 is 18.7 Å². The second-order valence-corrected chi connectivity index (χ2v) is 6.83. The zero-order chi connectivity index (χ0) is 21.0. The van der Waals surface area contributed by atoms with E-state index in [4.69, 9.17) is 4.74 Å². The molecule has 0 unspecified atom stereocenters. The Morgan fingerprint density at radius 1 is 1.10 bits per heavy atom. The molecule has 0 spiro atoms. The van der Waals surface area contributed by atoms with E-state index in [9.17, 15) is 14.0 Å². The fraction of sp³-hybridized carbons (Fsp3) is 0.150. The molecule has 0 fully saturated rings. The van der Waals surface area contributed by atoms with Crippen LogP contribution in [0.5, 0.6) is 5.75 Å². The molecule has 1 aromatic heterocycles. The summed E-state index contributed by atoms with van der Waals surface area (Å²) in [6, 6.07) is 10.2. The molecule has 7 nitrogen and oxygen atoms in total. The van der Waals surface area contributed by atoms with Crippen molar-refractivity contribution in [2.75, 3.05) is 30.1 Å². The molecule has 29 heavy (non-hydrogen) atoms. The van der Waals surface area contributed by atoms with Gasteiger partial charge in [-0.2, -0.15) is 4.37 Å². The van der Waals surface area contributed by atoms with Gasteiger partial charge in [0.05, 0.1) is 24.1 Å². The lowest BCUT2D eigenvalue weighted by Gasteiger charge is -2.13. The van der Waals surface area contributed by atoms with Crippen molar-refractivity contribution in [3.8, 4) is 5.75 Å². The molecule has 0 atom stereocenters. The van der Waals surface area contributed by atoms with Crippen molar-refractivity contribution in [3.05, 3.63) is 65.1 Å². The highest BCUT2D eigenvalue weighted by molar-refractivity contribution is 7.10. The highest BCUT2D eigenvalue weighted by Gasteiger charge is 2.19. The summed E-state index contributed by atoms with van der Waals surface area (Å²) in [5.74, 6) is -0.933. The molecule has 150 valence electrons. The number of ether oxygens (including phenoxy) is 1. The number of carbonyl (C=O) groups is 2. The first-order valence-corrected chi connectivity index (χ1v) is 9.40. The van der Waals surface area contributed by atoms with Crippen molar-refractivity contribution in [2.45, 2.75) is 6.92 Å². The van der Waals surface area contributed by atoms with E-state index < -0.39 is 11.7 Å². The summed E-state index contributed by atoms with van der Waals surface area (Å²) in [4.78, 5) is 25.1. The standard InChI is InChI=1S/C20H19FN4O3S/c1-11-17(20(22-2)29-25-11)19(27)23-14-7-8-16(28-3)15(10-14)24-18(26)12-5-4-6-13(21)9-12/h4-10,22H,1-3H3,(H,23,27)(H,24,26). The molecule has 3 aromatic rings. The Balaban J connectivity index is 1.84. The quantitative estimate of drug-likeness (QED) is 0.564. The van der Waals surface area contributed by atoms with E-state index in [-0.39, 0.29) is 11.5 Å². The number of nitrogens with zero attached hydrogens (tertiary/aromatic N) is 1. The molecular weight excluding hydrogens is 395 g/mol. The Morgan fingerprint density at radius 2 is 1.90 bits per heavy atom. The molecule has 0 bridgehead atoms. The minimum Gasteiger partial charge on any atom is -0.495 e. The number of amides is 2. The van der Waals surface area contributed by atoms with Crippen LogP contribution in [0.2, 0.25) is 0 Å². The van der Waals surface area contributed by atoms with Gasteiger partial charge in [-0.05, 0) is 54.9 Å². The van der Waals surface area contributed by atoms with Crippen LogP contribution in [0.25, 0.3) is 0 Å². The third-order valence-corrected chi connectivity index (χ3v) is 5.07. The normalized spacial score (nSPS) is 10.3. The molecular formula is C20H19FN4O3S. The summed E-state index contributed by atoms with van der Waals surface area (Å²) in [7, 11) is 3.18. The van der Waals surface area contributed by atoms with E-state index in [1.807, 2.05) is 0 Å². The molecule has 1 heterocycles. The topological polar surface area (TPSA) is 92.3 Å². The van der Waals surface area contributed by atoms with Crippen LogP contribution < -0.4 is 20.7 Å². The SMILES string of the molecule is CNc1snc(C)c1C(=O)Nc1ccc(OC)c(NC(=O)c2cccc(F)c2)c1. The molecule has 0 radical (unpaired) electrons. The van der Waals surface area contributed by atoms with Gasteiger partial charge in [-0.3, -0.25) is 9.59 Å². The number of aryl methyl sites for hydroxylation is 1. The van der Waals surface area contributed by atoms with Crippen molar-refractivity contribution in [1.82, 2.24) is 4.37 Å². The summed E-state index contributed by atoms with van der Waals surface area (Å²) in [6.07, 6.45) is 0. The van der Waals surface area contributed by atoms with Crippen molar-refractivity contribution in [2.24, 2.45) is 0 Å². The second-order valence-electron chi connectivity index (χ2n) is 6.06. The summed E-state index contributed by atoms with van der Waals surface area (Å²) >= 11 is 1.20. The first kappa shape index (κ1) is 20.3. The zero-order valence-corrected chi connectivity index (χ0v) is 16.8. The van der Waals surface area contributed by atoms with Crippen LogP contribution in [0, 0.1) is 12.7 Å². The maximum atomic E-state index is 13.4. The van der Waals surface area contributed by atoms with E-state index in [2.05, 4.69) is 20.3 Å². The molecule has 0 aliphatic heterocycles. The average molecular weight is 414 g/mol. The number of carbonyl (C=O) groups excluding carboxylic acids is 2. The number of anilines is 3. The van der Waals surface area contributed by atoms with Gasteiger partial charge in [-0.15, -0.1) is 0 Å². The number of nitrogens with one attached hydrogen (secondary N) is 3. The van der Waals surface area contributed by atoms with Crippen molar-refractivity contribution in [3.63, 3.8) is 0 Å². The van der Waals surface area contributed by atoms with Gasteiger partial charge in [0.25, 0.3) is 11.8 Å². The fourth-order valence-electron chi connectivity index (χ4n) is 2.71. The number of benzene rings is 2. The highest BCUT2D eigenvalue weighted by atomic mass is 32.1. The van der Waals surface area contributed by atoms with Crippen LogP contribution >= 0.6 is 11.5 Å². The van der Waals surface area contributed by atoms with Gasteiger partial charge in [0, 0.05) is 18.3 Å². The summed E-state index contributed by atoms with van der Waals surface area (Å²) in [5.41, 5.74) is 2.04. The first-order chi connectivity index (χ1) is 13.9. The highest BCUT2D eigenvalue weighted by Crippen LogP contribution is 2.30. The molecule has 3 rings (SSSR count). The molecule has 2 aromatic carbocycles.